The number of rotatable bonds is 5. The largest absolute Gasteiger partial charge is 0.492 e. The summed E-state index contributed by atoms with van der Waals surface area (Å²) in [6.07, 6.45) is 6.68. The zero-order valence-electron chi connectivity index (χ0n) is 11.8. The predicted molar refractivity (Wildman–Crippen MR) is 73.2 cm³/mol. The fourth-order valence-electron chi connectivity index (χ4n) is 2.41. The van der Waals surface area contributed by atoms with Gasteiger partial charge in [0.2, 0.25) is 0 Å². The average molecular weight is 265 g/mol. The molecular formula is C15H23NO3. The van der Waals surface area contributed by atoms with Crippen LogP contribution in [0.1, 0.15) is 51.2 Å². The number of nitrogens with zero attached hydrogens (tertiary/aromatic N) is 1. The molecule has 106 valence electrons. The summed E-state index contributed by atoms with van der Waals surface area (Å²) in [7, 11) is 0. The molecule has 1 fully saturated rings. The van der Waals surface area contributed by atoms with Gasteiger partial charge in [0.25, 0.3) is 0 Å². The molecule has 2 atom stereocenters. The molecule has 4 heteroatoms. The predicted octanol–water partition coefficient (Wildman–Crippen LogP) is 2.86. The standard InChI is InChI=1S/C15H23NO3/c1-3-7-18-13-9-12(10-16-11-13)14(17)15(2)6-4-5-8-19-15/h9-11,14,17H,3-8H2,1-2H3. The smallest absolute Gasteiger partial charge is 0.137 e. The molecule has 1 N–H and O–H groups in total. The maximum absolute atomic E-state index is 10.5. The van der Waals surface area contributed by atoms with Crippen LogP contribution in [0, 0.1) is 0 Å². The third kappa shape index (κ3) is 3.45. The maximum atomic E-state index is 10.5. The van der Waals surface area contributed by atoms with Crippen LogP contribution in [-0.4, -0.2) is 28.9 Å². The number of aliphatic hydroxyl groups is 1. The van der Waals surface area contributed by atoms with E-state index in [9.17, 15) is 5.11 Å². The van der Waals surface area contributed by atoms with E-state index < -0.39 is 11.7 Å². The highest BCUT2D eigenvalue weighted by atomic mass is 16.5. The van der Waals surface area contributed by atoms with Crippen molar-refractivity contribution in [1.82, 2.24) is 4.98 Å². The summed E-state index contributed by atoms with van der Waals surface area (Å²) in [4.78, 5) is 4.14. The summed E-state index contributed by atoms with van der Waals surface area (Å²) >= 11 is 0. The normalized spacial score (nSPS) is 25.0. The summed E-state index contributed by atoms with van der Waals surface area (Å²) in [6, 6.07) is 1.86. The molecule has 0 spiro atoms. The first-order valence-corrected chi connectivity index (χ1v) is 7.05. The van der Waals surface area contributed by atoms with Crippen molar-refractivity contribution in [1.29, 1.82) is 0 Å². The van der Waals surface area contributed by atoms with Crippen LogP contribution in [0.2, 0.25) is 0 Å². The Morgan fingerprint density at radius 1 is 1.47 bits per heavy atom. The summed E-state index contributed by atoms with van der Waals surface area (Å²) in [6.45, 7) is 5.40. The molecule has 4 nitrogen and oxygen atoms in total. The van der Waals surface area contributed by atoms with Gasteiger partial charge in [-0.05, 0) is 38.7 Å². The zero-order chi connectivity index (χ0) is 13.7. The second-order valence-corrected chi connectivity index (χ2v) is 5.32. The molecule has 1 aromatic heterocycles. The van der Waals surface area contributed by atoms with Crippen LogP contribution >= 0.6 is 0 Å². The van der Waals surface area contributed by atoms with Crippen LogP contribution in [0.25, 0.3) is 0 Å². The van der Waals surface area contributed by atoms with E-state index >= 15 is 0 Å². The SMILES string of the molecule is CCCOc1cncc(C(O)C2(C)CCCCO2)c1. The zero-order valence-corrected chi connectivity index (χ0v) is 11.8. The van der Waals surface area contributed by atoms with E-state index in [1.165, 1.54) is 0 Å². The molecule has 19 heavy (non-hydrogen) atoms. The highest BCUT2D eigenvalue weighted by Gasteiger charge is 2.37. The minimum absolute atomic E-state index is 0.511. The van der Waals surface area contributed by atoms with Crippen LogP contribution in [0.3, 0.4) is 0 Å². The quantitative estimate of drug-likeness (QED) is 0.889. The van der Waals surface area contributed by atoms with E-state index in [1.807, 2.05) is 13.0 Å². The molecule has 0 radical (unpaired) electrons. The van der Waals surface area contributed by atoms with Crippen molar-refractivity contribution in [2.75, 3.05) is 13.2 Å². The molecule has 2 rings (SSSR count). The molecule has 2 unspecified atom stereocenters. The van der Waals surface area contributed by atoms with Gasteiger partial charge in [-0.15, -0.1) is 0 Å². The van der Waals surface area contributed by atoms with Gasteiger partial charge in [0.15, 0.2) is 0 Å². The number of aliphatic hydroxyl groups excluding tert-OH is 1. The van der Waals surface area contributed by atoms with Crippen LogP contribution in [0.4, 0.5) is 0 Å². The van der Waals surface area contributed by atoms with E-state index in [2.05, 4.69) is 11.9 Å². The molecule has 1 aliphatic heterocycles. The van der Waals surface area contributed by atoms with Gasteiger partial charge in [-0.3, -0.25) is 4.98 Å². The van der Waals surface area contributed by atoms with Crippen molar-refractivity contribution in [3.8, 4) is 5.75 Å². The van der Waals surface area contributed by atoms with Crippen molar-refractivity contribution < 1.29 is 14.6 Å². The molecular weight excluding hydrogens is 242 g/mol. The van der Waals surface area contributed by atoms with E-state index in [0.717, 1.165) is 31.2 Å². The van der Waals surface area contributed by atoms with Gasteiger partial charge in [0, 0.05) is 18.4 Å². The number of aromatic nitrogens is 1. The van der Waals surface area contributed by atoms with Gasteiger partial charge in [-0.25, -0.2) is 0 Å². The Morgan fingerprint density at radius 3 is 3.00 bits per heavy atom. The molecule has 0 aliphatic carbocycles. The van der Waals surface area contributed by atoms with E-state index in [-0.39, 0.29) is 0 Å². The summed E-state index contributed by atoms with van der Waals surface area (Å²) in [5, 5.41) is 10.5. The Bertz CT molecular complexity index is 402. The van der Waals surface area contributed by atoms with Crippen molar-refractivity contribution in [2.45, 2.75) is 51.2 Å². The average Bonchev–Trinajstić information content (AvgIpc) is 2.45. The van der Waals surface area contributed by atoms with Crippen molar-refractivity contribution in [3.63, 3.8) is 0 Å². The lowest BCUT2D eigenvalue weighted by molar-refractivity contribution is -0.138. The third-order valence-corrected chi connectivity index (χ3v) is 3.60. The lowest BCUT2D eigenvalue weighted by Crippen LogP contribution is -2.39. The van der Waals surface area contributed by atoms with Gasteiger partial charge in [-0.1, -0.05) is 6.92 Å². The molecule has 1 saturated heterocycles. The summed E-state index contributed by atoms with van der Waals surface area (Å²) in [5.74, 6) is 0.706. The highest BCUT2D eigenvalue weighted by molar-refractivity contribution is 5.26. The van der Waals surface area contributed by atoms with Crippen molar-refractivity contribution in [2.24, 2.45) is 0 Å². The van der Waals surface area contributed by atoms with Gasteiger partial charge in [-0.2, -0.15) is 0 Å². The first-order chi connectivity index (χ1) is 9.15. The van der Waals surface area contributed by atoms with Crippen LogP contribution < -0.4 is 4.74 Å². The first kappa shape index (κ1) is 14.3. The Hall–Kier alpha value is -1.13. The second kappa shape index (κ2) is 6.35. The lowest BCUT2D eigenvalue weighted by atomic mass is 9.87. The number of hydrogen-bond donors (Lipinski definition) is 1. The Kier molecular flexibility index (Phi) is 4.77. The van der Waals surface area contributed by atoms with E-state index in [4.69, 9.17) is 9.47 Å². The van der Waals surface area contributed by atoms with Crippen molar-refractivity contribution in [3.05, 3.63) is 24.0 Å². The minimum atomic E-state index is -0.662. The number of ether oxygens (including phenoxy) is 2. The Balaban J connectivity index is 2.11. The van der Waals surface area contributed by atoms with Crippen molar-refractivity contribution >= 4 is 0 Å². The van der Waals surface area contributed by atoms with Crippen LogP contribution in [0.5, 0.6) is 5.75 Å². The van der Waals surface area contributed by atoms with E-state index in [0.29, 0.717) is 19.0 Å². The third-order valence-electron chi connectivity index (χ3n) is 3.60. The number of hydrogen-bond acceptors (Lipinski definition) is 4. The summed E-state index contributed by atoms with van der Waals surface area (Å²) < 4.78 is 11.3. The molecule has 2 heterocycles. The fourth-order valence-corrected chi connectivity index (χ4v) is 2.41. The topological polar surface area (TPSA) is 51.6 Å². The van der Waals surface area contributed by atoms with E-state index in [1.54, 1.807) is 12.4 Å². The molecule has 0 aromatic carbocycles. The van der Waals surface area contributed by atoms with Gasteiger partial charge in [0.1, 0.15) is 11.9 Å². The Morgan fingerprint density at radius 2 is 2.32 bits per heavy atom. The molecule has 1 aromatic rings. The minimum Gasteiger partial charge on any atom is -0.492 e. The number of pyridine rings is 1. The van der Waals surface area contributed by atoms with Gasteiger partial charge >= 0.3 is 0 Å². The molecule has 1 aliphatic rings. The molecule has 0 bridgehead atoms. The lowest BCUT2D eigenvalue weighted by Gasteiger charge is -2.38. The summed E-state index contributed by atoms with van der Waals surface area (Å²) in [5.41, 5.74) is 0.251. The monoisotopic (exact) mass is 265 g/mol. The van der Waals surface area contributed by atoms with Gasteiger partial charge < -0.3 is 14.6 Å². The maximum Gasteiger partial charge on any atom is 0.137 e. The van der Waals surface area contributed by atoms with Gasteiger partial charge in [0.05, 0.1) is 18.4 Å². The highest BCUT2D eigenvalue weighted by Crippen LogP contribution is 2.36. The molecule has 0 amide bonds. The molecule has 0 saturated carbocycles. The Labute approximate surface area is 114 Å². The van der Waals surface area contributed by atoms with Crippen LogP contribution in [0.15, 0.2) is 18.5 Å². The first-order valence-electron chi connectivity index (χ1n) is 7.05. The second-order valence-electron chi connectivity index (χ2n) is 5.32. The fraction of sp³-hybridized carbons (Fsp3) is 0.667. The van der Waals surface area contributed by atoms with Crippen LogP contribution in [-0.2, 0) is 4.74 Å².